The van der Waals surface area contributed by atoms with Crippen LogP contribution in [0.2, 0.25) is 0 Å². The van der Waals surface area contributed by atoms with Crippen LogP contribution in [-0.2, 0) is 14.6 Å². The van der Waals surface area contributed by atoms with Crippen LogP contribution in [0.5, 0.6) is 0 Å². The summed E-state index contributed by atoms with van der Waals surface area (Å²) in [5.74, 6) is -0.380. The van der Waals surface area contributed by atoms with E-state index in [9.17, 15) is 18.4 Å². The van der Waals surface area contributed by atoms with E-state index >= 15 is 0 Å². The van der Waals surface area contributed by atoms with Crippen molar-refractivity contribution in [1.29, 1.82) is 0 Å². The summed E-state index contributed by atoms with van der Waals surface area (Å²) in [4.78, 5) is 12.2. The molecular weight excluding hydrogens is 294 g/mol. The van der Waals surface area contributed by atoms with Crippen molar-refractivity contribution < 1.29 is 18.4 Å². The molecule has 2 rings (SSSR count). The Morgan fingerprint density at radius 2 is 1.90 bits per heavy atom. The number of hydroxylamine groups is 1. The highest BCUT2D eigenvalue weighted by atomic mass is 32.2. The van der Waals surface area contributed by atoms with Crippen molar-refractivity contribution in [3.63, 3.8) is 0 Å². The third-order valence-electron chi connectivity index (χ3n) is 3.54. The van der Waals surface area contributed by atoms with E-state index < -0.39 is 21.3 Å². The van der Waals surface area contributed by atoms with E-state index in [2.05, 4.69) is 5.10 Å². The molecule has 0 radical (unpaired) electrons. The zero-order chi connectivity index (χ0) is 15.8. The number of hydrogen-bond acceptors (Lipinski definition) is 6. The zero-order valence-corrected chi connectivity index (χ0v) is 12.8. The fourth-order valence-electron chi connectivity index (χ4n) is 2.15. The van der Waals surface area contributed by atoms with Gasteiger partial charge >= 0.3 is 0 Å². The van der Waals surface area contributed by atoms with E-state index in [1.165, 1.54) is 26.1 Å². The van der Waals surface area contributed by atoms with E-state index in [1.807, 2.05) is 5.48 Å². The molecule has 1 aliphatic rings. The Hall–Kier alpha value is -1.77. The molecule has 114 valence electrons. The van der Waals surface area contributed by atoms with Crippen molar-refractivity contribution in [3.8, 4) is 0 Å². The van der Waals surface area contributed by atoms with Crippen LogP contribution in [-0.4, -0.2) is 48.6 Å². The van der Waals surface area contributed by atoms with E-state index in [0.29, 0.717) is 11.3 Å². The maximum Gasteiger partial charge on any atom is 0.270 e. The molecule has 1 aromatic rings. The molecule has 0 bridgehead atoms. The number of hydrogen-bond donors (Lipinski definition) is 2. The van der Waals surface area contributed by atoms with Crippen molar-refractivity contribution in [3.05, 3.63) is 29.8 Å². The first kappa shape index (κ1) is 15.6. The van der Waals surface area contributed by atoms with Crippen LogP contribution in [0, 0.1) is 0 Å². The van der Waals surface area contributed by atoms with Gasteiger partial charge in [-0.25, -0.2) is 13.4 Å². The number of likely N-dealkylation sites (N-methyl/N-ethyl adjacent to an activating group) is 1. The number of nitrogens with zero attached hydrogens (tertiary/aromatic N) is 2. The van der Waals surface area contributed by atoms with Gasteiger partial charge in [0, 0.05) is 12.6 Å². The number of nitrogens with one attached hydrogen (secondary N) is 1. The van der Waals surface area contributed by atoms with Crippen molar-refractivity contribution >= 4 is 21.5 Å². The minimum absolute atomic E-state index is 0.0183. The minimum atomic E-state index is -3.28. The van der Waals surface area contributed by atoms with Crippen LogP contribution in [0.1, 0.15) is 19.4 Å². The lowest BCUT2D eigenvalue weighted by molar-refractivity contribution is -0.134. The van der Waals surface area contributed by atoms with Gasteiger partial charge in [-0.3, -0.25) is 4.79 Å². The smallest absolute Gasteiger partial charge is 0.270 e. The second kappa shape index (κ2) is 5.21. The lowest BCUT2D eigenvalue weighted by Crippen LogP contribution is -2.53. The Bertz CT molecular complexity index is 697. The molecule has 1 atom stereocenters. The van der Waals surface area contributed by atoms with Crippen LogP contribution < -0.4 is 5.48 Å². The molecule has 0 spiro atoms. The van der Waals surface area contributed by atoms with Crippen LogP contribution in [0.4, 0.5) is 0 Å². The van der Waals surface area contributed by atoms with E-state index in [-0.39, 0.29) is 10.6 Å². The minimum Gasteiger partial charge on any atom is -0.315 e. The van der Waals surface area contributed by atoms with Gasteiger partial charge in [0.1, 0.15) is 0 Å². The maximum absolute atomic E-state index is 12.0. The molecular formula is C13H17N3O4S. The lowest BCUT2D eigenvalue weighted by atomic mass is 9.91. The first-order valence-electron chi connectivity index (χ1n) is 6.38. The highest BCUT2D eigenvalue weighted by molar-refractivity contribution is 7.91. The summed E-state index contributed by atoms with van der Waals surface area (Å²) in [6.45, 7) is 3.08. The normalized spacial score (nSPS) is 22.6. The van der Waals surface area contributed by atoms with Gasteiger partial charge in [0.25, 0.3) is 5.91 Å². The first-order chi connectivity index (χ1) is 9.76. The number of hydrazone groups is 1. The first-order valence-corrected chi connectivity index (χ1v) is 8.03. The number of sulfone groups is 1. The monoisotopic (exact) mass is 311 g/mol. The van der Waals surface area contributed by atoms with Gasteiger partial charge in [-0.1, -0.05) is 19.1 Å². The van der Waals surface area contributed by atoms with E-state index in [0.717, 1.165) is 5.01 Å². The quantitative estimate of drug-likeness (QED) is 0.784. The van der Waals surface area contributed by atoms with Gasteiger partial charge in [0.05, 0.1) is 16.4 Å². The van der Waals surface area contributed by atoms with Crippen molar-refractivity contribution in [2.45, 2.75) is 24.3 Å². The predicted molar refractivity (Wildman–Crippen MR) is 76.8 cm³/mol. The number of rotatable bonds is 4. The van der Waals surface area contributed by atoms with Gasteiger partial charge in [-0.15, -0.1) is 0 Å². The molecule has 0 saturated carbocycles. The fourth-order valence-corrected chi connectivity index (χ4v) is 3.04. The Morgan fingerprint density at radius 1 is 1.33 bits per heavy atom. The van der Waals surface area contributed by atoms with Gasteiger partial charge in [-0.05, 0) is 19.1 Å². The molecule has 1 aromatic carbocycles. The highest BCUT2D eigenvalue weighted by Crippen LogP contribution is 2.24. The third kappa shape index (κ3) is 2.45. The van der Waals surface area contributed by atoms with Crippen molar-refractivity contribution in [2.24, 2.45) is 5.10 Å². The predicted octanol–water partition coefficient (Wildman–Crippen LogP) is 0.394. The Morgan fingerprint density at radius 3 is 2.38 bits per heavy atom. The molecule has 1 amide bonds. The molecule has 1 aliphatic heterocycles. The number of carbonyl (C=O) groups is 1. The van der Waals surface area contributed by atoms with Crippen molar-refractivity contribution in [2.75, 3.05) is 12.8 Å². The number of benzene rings is 1. The molecule has 0 saturated heterocycles. The topological polar surface area (TPSA) is 99.1 Å². The molecule has 0 aromatic heterocycles. The summed E-state index contributed by atoms with van der Waals surface area (Å²) in [5, 5.41) is 14.5. The Labute approximate surface area is 123 Å². The summed E-state index contributed by atoms with van der Waals surface area (Å²) < 4.78 is 23.6. The standard InChI is InChI=1S/C13H17N3O4S/c1-4-21(19,20)10-7-5-9(6-8-10)11-13(2,15-18)12(17)16(3)14-11/h5-8,15,18H,4H2,1-3H3. The van der Waals surface area contributed by atoms with E-state index in [4.69, 9.17) is 0 Å². The molecule has 2 N–H and O–H groups in total. The fraction of sp³-hybridized carbons (Fsp3) is 0.385. The Kier molecular flexibility index (Phi) is 3.87. The van der Waals surface area contributed by atoms with Gasteiger partial charge < -0.3 is 5.21 Å². The molecule has 1 unspecified atom stereocenters. The molecule has 0 fully saturated rings. The SMILES string of the molecule is CCS(=O)(=O)c1ccc(C2=NN(C)C(=O)C2(C)NO)cc1. The number of carbonyl (C=O) groups excluding carboxylic acids is 1. The van der Waals surface area contributed by atoms with Gasteiger partial charge in [-0.2, -0.15) is 10.6 Å². The van der Waals surface area contributed by atoms with Gasteiger partial charge in [0.15, 0.2) is 15.4 Å². The van der Waals surface area contributed by atoms with Crippen molar-refractivity contribution in [1.82, 2.24) is 10.5 Å². The molecule has 7 nitrogen and oxygen atoms in total. The average molecular weight is 311 g/mol. The second-order valence-corrected chi connectivity index (χ2v) is 7.22. The average Bonchev–Trinajstić information content (AvgIpc) is 2.72. The summed E-state index contributed by atoms with van der Waals surface area (Å²) in [7, 11) is -1.79. The molecule has 8 heteroatoms. The van der Waals surface area contributed by atoms with Crippen LogP contribution in [0.15, 0.2) is 34.3 Å². The third-order valence-corrected chi connectivity index (χ3v) is 5.29. The maximum atomic E-state index is 12.0. The highest BCUT2D eigenvalue weighted by Gasteiger charge is 2.46. The second-order valence-electron chi connectivity index (χ2n) is 4.94. The van der Waals surface area contributed by atoms with Crippen LogP contribution in [0.25, 0.3) is 0 Å². The molecule has 21 heavy (non-hydrogen) atoms. The van der Waals surface area contributed by atoms with Gasteiger partial charge in [0.2, 0.25) is 0 Å². The van der Waals surface area contributed by atoms with Crippen LogP contribution >= 0.6 is 0 Å². The summed E-state index contributed by atoms with van der Waals surface area (Å²) in [5.41, 5.74) is 1.53. The largest absolute Gasteiger partial charge is 0.315 e. The van der Waals surface area contributed by atoms with E-state index in [1.54, 1.807) is 19.1 Å². The lowest BCUT2D eigenvalue weighted by Gasteiger charge is -2.21. The summed E-state index contributed by atoms with van der Waals surface area (Å²) in [6, 6.07) is 6.08. The Balaban J connectivity index is 2.44. The summed E-state index contributed by atoms with van der Waals surface area (Å²) >= 11 is 0. The summed E-state index contributed by atoms with van der Waals surface area (Å²) in [6.07, 6.45) is 0. The molecule has 0 aliphatic carbocycles. The molecule has 1 heterocycles. The zero-order valence-electron chi connectivity index (χ0n) is 12.0. The number of amides is 1. The van der Waals surface area contributed by atoms with Crippen LogP contribution in [0.3, 0.4) is 0 Å².